The summed E-state index contributed by atoms with van der Waals surface area (Å²) in [4.78, 5) is 0. The molecule has 0 nitrogen and oxygen atoms in total. The van der Waals surface area contributed by atoms with Crippen molar-refractivity contribution in [3.8, 4) is 0 Å². The van der Waals surface area contributed by atoms with Crippen LogP contribution in [0.1, 0.15) is 16.7 Å². The van der Waals surface area contributed by atoms with E-state index in [0.717, 1.165) is 10.8 Å². The van der Waals surface area contributed by atoms with E-state index < -0.39 is 0 Å². The van der Waals surface area contributed by atoms with Gasteiger partial charge in [0.2, 0.25) is 0 Å². The van der Waals surface area contributed by atoms with Crippen LogP contribution in [-0.2, 0) is 0 Å². The topological polar surface area (TPSA) is 0 Å². The van der Waals surface area contributed by atoms with E-state index in [9.17, 15) is 0 Å². The first kappa shape index (κ1) is 11.3. The average Bonchev–Trinajstić information content (AvgIpc) is 2.36. The molecule has 0 saturated heterocycles. The Balaban J connectivity index is 2.61. The van der Waals surface area contributed by atoms with E-state index >= 15 is 0 Å². The van der Waals surface area contributed by atoms with Gasteiger partial charge in [-0.25, -0.2) is 0 Å². The largest absolute Gasteiger partial charge is 0.115 e. The molecule has 0 spiro atoms. The van der Waals surface area contributed by atoms with Crippen molar-refractivity contribution in [3.05, 3.63) is 53.1 Å². The van der Waals surface area contributed by atoms with Crippen molar-refractivity contribution >= 4 is 34.9 Å². The van der Waals surface area contributed by atoms with Crippen LogP contribution in [-0.4, -0.2) is 7.85 Å². The van der Waals surface area contributed by atoms with Gasteiger partial charge in [-0.2, -0.15) is 0 Å². The molecule has 3 aromatic rings. The summed E-state index contributed by atoms with van der Waals surface area (Å²) in [6.07, 6.45) is 0. The van der Waals surface area contributed by atoms with E-state index in [-0.39, 0.29) is 0 Å². The number of hydrogen-bond acceptors (Lipinski definition) is 0. The van der Waals surface area contributed by atoms with Crippen LogP contribution in [0.5, 0.6) is 0 Å². The van der Waals surface area contributed by atoms with E-state index in [2.05, 4.69) is 51.1 Å². The molecule has 2 radical (unpaired) electrons. The summed E-state index contributed by atoms with van der Waals surface area (Å²) < 4.78 is 0. The Hall–Kier alpha value is -1.76. The zero-order valence-electron chi connectivity index (χ0n) is 11.0. The van der Waals surface area contributed by atoms with E-state index in [4.69, 9.17) is 7.85 Å². The standard InChI is InChI=1S/C17H15B/c1-10-8-14-9-13-6-4-5-7-15(13)17(18)16(14)12(3)11(10)2/h4-9H,1-3H3. The van der Waals surface area contributed by atoms with Gasteiger partial charge in [-0.05, 0) is 65.1 Å². The summed E-state index contributed by atoms with van der Waals surface area (Å²) in [7, 11) is 6.37. The Labute approximate surface area is 109 Å². The van der Waals surface area contributed by atoms with Crippen LogP contribution in [0.15, 0.2) is 36.4 Å². The molecule has 0 bridgehead atoms. The van der Waals surface area contributed by atoms with Crippen LogP contribution in [0.4, 0.5) is 0 Å². The van der Waals surface area contributed by atoms with E-state index in [0.29, 0.717) is 0 Å². The Morgan fingerprint density at radius 2 is 1.56 bits per heavy atom. The van der Waals surface area contributed by atoms with Gasteiger partial charge in [0.15, 0.2) is 0 Å². The van der Waals surface area contributed by atoms with Gasteiger partial charge in [-0.15, -0.1) is 0 Å². The lowest BCUT2D eigenvalue weighted by Gasteiger charge is -2.14. The third kappa shape index (κ3) is 1.47. The van der Waals surface area contributed by atoms with Crippen LogP contribution in [0.2, 0.25) is 0 Å². The van der Waals surface area contributed by atoms with Gasteiger partial charge < -0.3 is 0 Å². The smallest absolute Gasteiger partial charge is 0.0810 e. The Bertz CT molecular complexity index is 770. The number of hydrogen-bond donors (Lipinski definition) is 0. The first-order valence-electron chi connectivity index (χ1n) is 6.27. The highest BCUT2D eigenvalue weighted by molar-refractivity contribution is 6.45. The second kappa shape index (κ2) is 3.88. The first-order valence-corrected chi connectivity index (χ1v) is 6.27. The van der Waals surface area contributed by atoms with Crippen molar-refractivity contribution in [2.75, 3.05) is 0 Å². The fourth-order valence-electron chi connectivity index (χ4n) is 2.76. The predicted octanol–water partition coefficient (Wildman–Crippen LogP) is 3.71. The summed E-state index contributed by atoms with van der Waals surface area (Å²) in [5.74, 6) is 0. The summed E-state index contributed by atoms with van der Waals surface area (Å²) in [5, 5.41) is 4.81. The van der Waals surface area contributed by atoms with Gasteiger partial charge in [0.05, 0.1) is 0 Å². The molecule has 3 aromatic carbocycles. The number of fused-ring (bicyclic) bond motifs is 2. The minimum Gasteiger partial charge on any atom is -0.0810 e. The van der Waals surface area contributed by atoms with Crippen molar-refractivity contribution < 1.29 is 0 Å². The lowest BCUT2D eigenvalue weighted by Crippen LogP contribution is -2.08. The van der Waals surface area contributed by atoms with Gasteiger partial charge in [0.25, 0.3) is 0 Å². The monoisotopic (exact) mass is 230 g/mol. The minimum absolute atomic E-state index is 0.906. The van der Waals surface area contributed by atoms with Gasteiger partial charge >= 0.3 is 0 Å². The summed E-state index contributed by atoms with van der Waals surface area (Å²) in [6, 6.07) is 12.8. The van der Waals surface area contributed by atoms with Gasteiger partial charge in [0.1, 0.15) is 7.85 Å². The van der Waals surface area contributed by atoms with Crippen molar-refractivity contribution in [2.45, 2.75) is 20.8 Å². The van der Waals surface area contributed by atoms with Crippen molar-refractivity contribution in [3.63, 3.8) is 0 Å². The molecule has 3 rings (SSSR count). The second-order valence-corrected chi connectivity index (χ2v) is 5.05. The van der Waals surface area contributed by atoms with Gasteiger partial charge in [-0.1, -0.05) is 35.8 Å². The van der Waals surface area contributed by atoms with Crippen LogP contribution >= 0.6 is 0 Å². The molecule has 0 N–H and O–H groups in total. The SMILES string of the molecule is [B]c1c2ccccc2cc2cc(C)c(C)c(C)c12. The number of aryl methyl sites for hydroxylation is 2. The van der Waals surface area contributed by atoms with Crippen molar-refractivity contribution in [1.29, 1.82) is 0 Å². The highest BCUT2D eigenvalue weighted by Gasteiger charge is 2.08. The predicted molar refractivity (Wildman–Crippen MR) is 81.1 cm³/mol. The summed E-state index contributed by atoms with van der Waals surface area (Å²) >= 11 is 0. The summed E-state index contributed by atoms with van der Waals surface area (Å²) in [5.41, 5.74) is 4.87. The summed E-state index contributed by atoms with van der Waals surface area (Å²) in [6.45, 7) is 6.49. The van der Waals surface area contributed by atoms with E-state index in [1.807, 2.05) is 6.07 Å². The molecular formula is C17H15B. The molecule has 0 aliphatic rings. The maximum absolute atomic E-state index is 6.37. The van der Waals surface area contributed by atoms with Crippen LogP contribution in [0, 0.1) is 20.8 Å². The lowest BCUT2D eigenvalue weighted by molar-refractivity contribution is 1.30. The zero-order chi connectivity index (χ0) is 12.9. The second-order valence-electron chi connectivity index (χ2n) is 5.05. The molecule has 0 amide bonds. The molecule has 0 aliphatic carbocycles. The lowest BCUT2D eigenvalue weighted by atomic mass is 9.81. The molecule has 86 valence electrons. The third-order valence-corrected chi connectivity index (χ3v) is 4.02. The molecule has 0 aliphatic heterocycles. The minimum atomic E-state index is 0.906. The van der Waals surface area contributed by atoms with E-state index in [1.54, 1.807) is 0 Å². The molecule has 1 heteroatoms. The Morgan fingerprint density at radius 1 is 0.833 bits per heavy atom. The molecule has 0 unspecified atom stereocenters. The van der Waals surface area contributed by atoms with Crippen molar-refractivity contribution in [1.82, 2.24) is 0 Å². The first-order chi connectivity index (χ1) is 8.59. The van der Waals surface area contributed by atoms with Crippen LogP contribution in [0.25, 0.3) is 21.5 Å². The molecule has 0 aromatic heterocycles. The molecule has 0 atom stereocenters. The Kier molecular flexibility index (Phi) is 2.44. The van der Waals surface area contributed by atoms with Crippen LogP contribution < -0.4 is 5.46 Å². The third-order valence-electron chi connectivity index (χ3n) is 4.02. The molecule has 0 heterocycles. The van der Waals surface area contributed by atoms with Crippen LogP contribution in [0.3, 0.4) is 0 Å². The van der Waals surface area contributed by atoms with Gasteiger partial charge in [0, 0.05) is 0 Å². The maximum Gasteiger partial charge on any atom is 0.115 e. The molecular weight excluding hydrogens is 215 g/mol. The highest BCUT2D eigenvalue weighted by Crippen LogP contribution is 2.27. The molecule has 0 saturated carbocycles. The zero-order valence-corrected chi connectivity index (χ0v) is 11.0. The van der Waals surface area contributed by atoms with E-state index in [1.165, 1.54) is 32.8 Å². The Morgan fingerprint density at radius 3 is 2.33 bits per heavy atom. The average molecular weight is 230 g/mol. The normalized spacial score (nSPS) is 11.3. The maximum atomic E-state index is 6.37. The van der Waals surface area contributed by atoms with Crippen molar-refractivity contribution in [2.24, 2.45) is 0 Å². The highest BCUT2D eigenvalue weighted by atomic mass is 14.1. The fraction of sp³-hybridized carbons (Fsp3) is 0.176. The quantitative estimate of drug-likeness (QED) is 0.408. The number of rotatable bonds is 0. The molecule has 18 heavy (non-hydrogen) atoms. The number of benzene rings is 3. The fourth-order valence-corrected chi connectivity index (χ4v) is 2.76. The van der Waals surface area contributed by atoms with Gasteiger partial charge in [-0.3, -0.25) is 0 Å². The molecule has 0 fully saturated rings.